The monoisotopic (exact) mass is 244 g/mol. The van der Waals surface area contributed by atoms with Crippen LogP contribution in [0.1, 0.15) is 40.5 Å². The van der Waals surface area contributed by atoms with Gasteiger partial charge in [-0.15, -0.1) is 0 Å². The number of amidine groups is 1. The molecule has 1 amide bonds. The fourth-order valence-electron chi connectivity index (χ4n) is 1.45. The Morgan fingerprint density at radius 1 is 1.41 bits per heavy atom. The third-order valence-electron chi connectivity index (χ3n) is 2.39. The zero-order valence-corrected chi connectivity index (χ0v) is 11.0. The first-order chi connectivity index (χ1) is 7.90. The first kappa shape index (κ1) is 15.7. The van der Waals surface area contributed by atoms with Crippen LogP contribution < -0.4 is 16.4 Å². The molecule has 0 spiro atoms. The fourth-order valence-corrected chi connectivity index (χ4v) is 1.45. The van der Waals surface area contributed by atoms with Crippen LogP contribution in [0, 0.1) is 0 Å². The van der Waals surface area contributed by atoms with Crippen LogP contribution in [0.25, 0.3) is 0 Å². The lowest BCUT2D eigenvalue weighted by molar-refractivity contribution is -0.123. The number of amides is 1. The lowest BCUT2D eigenvalue weighted by atomic mass is 10.1. The number of nitrogens with two attached hydrogens (primary N) is 1. The third-order valence-corrected chi connectivity index (χ3v) is 2.39. The van der Waals surface area contributed by atoms with Crippen LogP contribution in [0.15, 0.2) is 5.16 Å². The molecule has 2 unspecified atom stereocenters. The van der Waals surface area contributed by atoms with Crippen LogP contribution in [0.4, 0.5) is 0 Å². The van der Waals surface area contributed by atoms with Gasteiger partial charge in [0.25, 0.3) is 0 Å². The maximum atomic E-state index is 11.7. The molecule has 0 radical (unpaired) electrons. The normalized spacial score (nSPS) is 15.7. The minimum Gasteiger partial charge on any atom is -0.409 e. The number of oxime groups is 1. The van der Waals surface area contributed by atoms with Crippen molar-refractivity contribution in [3.05, 3.63) is 0 Å². The summed E-state index contributed by atoms with van der Waals surface area (Å²) in [5.41, 5.74) is 5.44. The number of carbonyl (C=O) groups excluding carboxylic acids is 1. The zero-order valence-electron chi connectivity index (χ0n) is 11.0. The summed E-state index contributed by atoms with van der Waals surface area (Å²) in [5, 5.41) is 17.4. The summed E-state index contributed by atoms with van der Waals surface area (Å²) in [5.74, 6) is 0.124. The van der Waals surface area contributed by atoms with Crippen LogP contribution in [0.3, 0.4) is 0 Å². The van der Waals surface area contributed by atoms with Crippen molar-refractivity contribution in [1.82, 2.24) is 10.6 Å². The zero-order chi connectivity index (χ0) is 13.4. The van der Waals surface area contributed by atoms with Gasteiger partial charge in [0.1, 0.15) is 5.84 Å². The first-order valence-corrected chi connectivity index (χ1v) is 5.93. The van der Waals surface area contributed by atoms with Crippen molar-refractivity contribution in [2.24, 2.45) is 10.9 Å². The van der Waals surface area contributed by atoms with E-state index in [2.05, 4.69) is 15.8 Å². The smallest absolute Gasteiger partial charge is 0.237 e. The third kappa shape index (κ3) is 6.78. The van der Waals surface area contributed by atoms with E-state index in [1.807, 2.05) is 20.8 Å². The number of nitrogens with one attached hydrogen (secondary N) is 2. The Bertz CT molecular complexity index is 266. The van der Waals surface area contributed by atoms with Crippen molar-refractivity contribution < 1.29 is 10.0 Å². The fraction of sp³-hybridized carbons (Fsp3) is 0.818. The van der Waals surface area contributed by atoms with Gasteiger partial charge in [0.15, 0.2) is 0 Å². The molecular formula is C11H24N4O2. The average molecular weight is 244 g/mol. The van der Waals surface area contributed by atoms with Gasteiger partial charge in [0.05, 0.1) is 6.04 Å². The molecule has 0 aliphatic carbocycles. The van der Waals surface area contributed by atoms with E-state index in [9.17, 15) is 4.79 Å². The highest BCUT2D eigenvalue weighted by atomic mass is 16.4. The first-order valence-electron chi connectivity index (χ1n) is 5.93. The van der Waals surface area contributed by atoms with Gasteiger partial charge in [0.2, 0.25) is 5.91 Å². The molecule has 0 saturated carbocycles. The van der Waals surface area contributed by atoms with E-state index in [1.54, 1.807) is 6.92 Å². The van der Waals surface area contributed by atoms with Crippen molar-refractivity contribution >= 4 is 11.7 Å². The molecule has 0 aromatic heterocycles. The maximum Gasteiger partial charge on any atom is 0.237 e. The second kappa shape index (κ2) is 7.89. The summed E-state index contributed by atoms with van der Waals surface area (Å²) < 4.78 is 0. The molecule has 6 heteroatoms. The molecular weight excluding hydrogens is 220 g/mol. The van der Waals surface area contributed by atoms with Gasteiger partial charge in [0, 0.05) is 18.5 Å². The van der Waals surface area contributed by atoms with E-state index in [0.29, 0.717) is 6.42 Å². The minimum absolute atomic E-state index is 0.0267. The molecule has 100 valence electrons. The highest BCUT2D eigenvalue weighted by Crippen LogP contribution is 2.00. The Morgan fingerprint density at radius 2 is 2.00 bits per heavy atom. The minimum atomic E-state index is -0.297. The van der Waals surface area contributed by atoms with Crippen molar-refractivity contribution in [3.8, 4) is 0 Å². The molecule has 0 aliphatic heterocycles. The molecule has 0 aromatic rings. The van der Waals surface area contributed by atoms with Crippen LogP contribution >= 0.6 is 0 Å². The van der Waals surface area contributed by atoms with Gasteiger partial charge in [-0.2, -0.15) is 0 Å². The van der Waals surface area contributed by atoms with Crippen LogP contribution in [0.5, 0.6) is 0 Å². The molecule has 0 saturated heterocycles. The number of carbonyl (C=O) groups is 1. The molecule has 0 rings (SSSR count). The predicted octanol–water partition coefficient (Wildman–Crippen LogP) is 0.404. The molecule has 5 N–H and O–H groups in total. The van der Waals surface area contributed by atoms with Crippen molar-refractivity contribution in [2.75, 3.05) is 0 Å². The van der Waals surface area contributed by atoms with Crippen molar-refractivity contribution in [3.63, 3.8) is 0 Å². The van der Waals surface area contributed by atoms with Gasteiger partial charge in [-0.05, 0) is 27.2 Å². The quantitative estimate of drug-likeness (QED) is 0.225. The number of hydrogen-bond acceptors (Lipinski definition) is 4. The molecule has 6 nitrogen and oxygen atoms in total. The van der Waals surface area contributed by atoms with E-state index in [0.717, 1.165) is 6.42 Å². The van der Waals surface area contributed by atoms with Crippen LogP contribution in [-0.2, 0) is 4.79 Å². The van der Waals surface area contributed by atoms with Gasteiger partial charge >= 0.3 is 0 Å². The highest BCUT2D eigenvalue weighted by molar-refractivity contribution is 5.82. The summed E-state index contributed by atoms with van der Waals surface area (Å²) in [6.45, 7) is 7.61. The van der Waals surface area contributed by atoms with Gasteiger partial charge < -0.3 is 21.6 Å². The molecule has 17 heavy (non-hydrogen) atoms. The number of rotatable bonds is 7. The molecule has 2 atom stereocenters. The summed E-state index contributed by atoms with van der Waals surface area (Å²) in [6.07, 6.45) is 1.22. The van der Waals surface area contributed by atoms with Crippen molar-refractivity contribution in [1.29, 1.82) is 0 Å². The Balaban J connectivity index is 4.23. The number of nitrogens with zero attached hydrogens (tertiary/aromatic N) is 1. The standard InChI is InChI=1S/C11H24N4O2/c1-5-9(6-10(12)15-17)14-8(4)11(16)13-7(2)3/h7-9,14,17H,5-6H2,1-4H3,(H2,12,15)(H,13,16). The van der Waals surface area contributed by atoms with E-state index in [4.69, 9.17) is 10.9 Å². The predicted molar refractivity (Wildman–Crippen MR) is 68.0 cm³/mol. The Hall–Kier alpha value is -1.30. The number of hydrogen-bond donors (Lipinski definition) is 4. The lowest BCUT2D eigenvalue weighted by Crippen LogP contribution is -2.49. The summed E-state index contributed by atoms with van der Waals surface area (Å²) >= 11 is 0. The summed E-state index contributed by atoms with van der Waals surface area (Å²) in [6, 6.07) is -0.149. The van der Waals surface area contributed by atoms with Gasteiger partial charge in [-0.1, -0.05) is 12.1 Å². The van der Waals surface area contributed by atoms with Crippen molar-refractivity contribution in [2.45, 2.75) is 58.7 Å². The van der Waals surface area contributed by atoms with E-state index in [-0.39, 0.29) is 29.9 Å². The lowest BCUT2D eigenvalue weighted by Gasteiger charge is -2.22. The largest absolute Gasteiger partial charge is 0.409 e. The van der Waals surface area contributed by atoms with Gasteiger partial charge in [-0.3, -0.25) is 4.79 Å². The maximum absolute atomic E-state index is 11.7. The topological polar surface area (TPSA) is 99.7 Å². The second-order valence-corrected chi connectivity index (χ2v) is 4.45. The van der Waals surface area contributed by atoms with E-state index >= 15 is 0 Å². The molecule has 0 heterocycles. The molecule has 0 aromatic carbocycles. The van der Waals surface area contributed by atoms with Crippen LogP contribution in [0.2, 0.25) is 0 Å². The Kier molecular flexibility index (Phi) is 7.29. The molecule has 0 fully saturated rings. The Labute approximate surface area is 103 Å². The highest BCUT2D eigenvalue weighted by Gasteiger charge is 2.18. The molecule has 0 aliphatic rings. The van der Waals surface area contributed by atoms with Crippen LogP contribution in [-0.4, -0.2) is 35.1 Å². The van der Waals surface area contributed by atoms with E-state index < -0.39 is 0 Å². The Morgan fingerprint density at radius 3 is 2.41 bits per heavy atom. The second-order valence-electron chi connectivity index (χ2n) is 4.45. The summed E-state index contributed by atoms with van der Waals surface area (Å²) in [4.78, 5) is 11.7. The van der Waals surface area contributed by atoms with Gasteiger partial charge in [-0.25, -0.2) is 0 Å². The van der Waals surface area contributed by atoms with E-state index in [1.165, 1.54) is 0 Å². The molecule has 0 bridgehead atoms. The SMILES string of the molecule is CCC(CC(N)=NO)NC(C)C(=O)NC(C)C. The summed E-state index contributed by atoms with van der Waals surface area (Å²) in [7, 11) is 0. The average Bonchev–Trinajstić information content (AvgIpc) is 2.26.